The van der Waals surface area contributed by atoms with E-state index in [4.69, 9.17) is 4.74 Å². The molecule has 0 bridgehead atoms. The van der Waals surface area contributed by atoms with E-state index in [-0.39, 0.29) is 18.3 Å². The van der Waals surface area contributed by atoms with Crippen molar-refractivity contribution >= 4 is 51.3 Å². The van der Waals surface area contributed by atoms with Crippen molar-refractivity contribution in [1.29, 1.82) is 0 Å². The lowest BCUT2D eigenvalue weighted by atomic mass is 10.0. The summed E-state index contributed by atoms with van der Waals surface area (Å²) in [5.41, 5.74) is 1.75. The van der Waals surface area contributed by atoms with E-state index in [1.54, 1.807) is 18.2 Å². The minimum atomic E-state index is -0.206. The minimum Gasteiger partial charge on any atom is -0.482 e. The van der Waals surface area contributed by atoms with Crippen molar-refractivity contribution in [3.05, 3.63) is 43.7 Å². The smallest absolute Gasteiger partial charge is 0.262 e. The summed E-state index contributed by atoms with van der Waals surface area (Å²) in [6.07, 6.45) is 0. The minimum absolute atomic E-state index is 0.0169. The Morgan fingerprint density at radius 2 is 2.16 bits per heavy atom. The van der Waals surface area contributed by atoms with Gasteiger partial charge in [0.05, 0.1) is 8.57 Å². The summed E-state index contributed by atoms with van der Waals surface area (Å²) in [6, 6.07) is 6.92. The van der Waals surface area contributed by atoms with Crippen LogP contribution < -0.4 is 10.1 Å². The Labute approximate surface area is 126 Å². The van der Waals surface area contributed by atoms with Crippen LogP contribution in [0.15, 0.2) is 29.6 Å². The summed E-state index contributed by atoms with van der Waals surface area (Å²) in [6.45, 7) is 0.0169. The molecule has 1 N–H and O–H groups in total. The first-order valence-corrected chi connectivity index (χ1v) is 7.45. The SMILES string of the molecule is O=C1COc2ccc(C(=O)c3csc(I)c3)cc2N1. The summed E-state index contributed by atoms with van der Waals surface area (Å²) in [7, 11) is 0. The van der Waals surface area contributed by atoms with Crippen molar-refractivity contribution in [3.8, 4) is 5.75 Å². The maximum absolute atomic E-state index is 12.3. The first-order chi connectivity index (χ1) is 9.13. The van der Waals surface area contributed by atoms with Crippen LogP contribution in [0.3, 0.4) is 0 Å². The first kappa shape index (κ1) is 12.6. The Kier molecular flexibility index (Phi) is 3.28. The fourth-order valence-corrected chi connectivity index (χ4v) is 3.15. The number of carbonyl (C=O) groups excluding carboxylic acids is 2. The molecule has 1 aromatic heterocycles. The van der Waals surface area contributed by atoms with Gasteiger partial charge in [-0.15, -0.1) is 11.3 Å². The molecule has 2 heterocycles. The number of anilines is 1. The van der Waals surface area contributed by atoms with Gasteiger partial charge < -0.3 is 10.1 Å². The Hall–Kier alpha value is -1.41. The zero-order valence-corrected chi connectivity index (χ0v) is 12.6. The second kappa shape index (κ2) is 4.93. The third kappa shape index (κ3) is 2.50. The van der Waals surface area contributed by atoms with Crippen LogP contribution in [0.2, 0.25) is 0 Å². The standard InChI is InChI=1S/C13H8INO3S/c14-11-4-8(6-19-11)13(17)7-1-2-10-9(3-7)15-12(16)5-18-10/h1-4,6H,5H2,(H,15,16). The predicted molar refractivity (Wildman–Crippen MR) is 81.0 cm³/mol. The molecule has 19 heavy (non-hydrogen) atoms. The van der Waals surface area contributed by atoms with Gasteiger partial charge >= 0.3 is 0 Å². The van der Waals surface area contributed by atoms with E-state index in [2.05, 4.69) is 27.9 Å². The number of nitrogens with one attached hydrogen (secondary N) is 1. The fraction of sp³-hybridized carbons (Fsp3) is 0.0769. The molecule has 3 rings (SSSR count). The van der Waals surface area contributed by atoms with E-state index in [9.17, 15) is 9.59 Å². The number of carbonyl (C=O) groups is 2. The third-order valence-electron chi connectivity index (χ3n) is 2.70. The highest BCUT2D eigenvalue weighted by Crippen LogP contribution is 2.29. The molecule has 1 aliphatic rings. The summed E-state index contributed by atoms with van der Waals surface area (Å²) in [5, 5.41) is 4.53. The molecule has 0 saturated heterocycles. The van der Waals surface area contributed by atoms with Crippen molar-refractivity contribution in [2.75, 3.05) is 11.9 Å². The molecular formula is C13H8INO3S. The maximum atomic E-state index is 12.3. The number of ketones is 1. The van der Waals surface area contributed by atoms with Gasteiger partial charge in [-0.3, -0.25) is 9.59 Å². The van der Waals surface area contributed by atoms with E-state index in [1.807, 2.05) is 11.4 Å². The zero-order chi connectivity index (χ0) is 13.4. The number of ether oxygens (including phenoxy) is 1. The Balaban J connectivity index is 1.96. The van der Waals surface area contributed by atoms with Gasteiger partial charge in [0, 0.05) is 16.5 Å². The molecule has 0 unspecified atom stereocenters. The molecule has 0 spiro atoms. The van der Waals surface area contributed by atoms with E-state index >= 15 is 0 Å². The molecule has 1 aromatic carbocycles. The topological polar surface area (TPSA) is 55.4 Å². The van der Waals surface area contributed by atoms with Gasteiger partial charge in [-0.05, 0) is 46.9 Å². The second-order valence-corrected chi connectivity index (χ2v) is 6.82. The van der Waals surface area contributed by atoms with Crippen molar-refractivity contribution < 1.29 is 14.3 Å². The van der Waals surface area contributed by atoms with Gasteiger partial charge in [-0.25, -0.2) is 0 Å². The van der Waals surface area contributed by atoms with Crippen LogP contribution in [0.4, 0.5) is 5.69 Å². The average molecular weight is 385 g/mol. The highest BCUT2D eigenvalue weighted by molar-refractivity contribution is 14.1. The molecule has 96 valence electrons. The van der Waals surface area contributed by atoms with E-state index in [0.29, 0.717) is 22.6 Å². The summed E-state index contributed by atoms with van der Waals surface area (Å²) in [4.78, 5) is 23.5. The second-order valence-electron chi connectivity index (χ2n) is 4.02. The van der Waals surface area contributed by atoms with Crippen LogP contribution >= 0.6 is 33.9 Å². The average Bonchev–Trinajstić information content (AvgIpc) is 2.83. The Morgan fingerprint density at radius 1 is 1.32 bits per heavy atom. The number of fused-ring (bicyclic) bond motifs is 1. The largest absolute Gasteiger partial charge is 0.482 e. The molecule has 0 radical (unpaired) electrons. The maximum Gasteiger partial charge on any atom is 0.262 e. The van der Waals surface area contributed by atoms with E-state index in [1.165, 1.54) is 11.3 Å². The molecule has 1 aliphatic heterocycles. The summed E-state index contributed by atoms with van der Waals surface area (Å²) in [5.74, 6) is 0.333. The normalized spacial score (nSPS) is 13.4. The summed E-state index contributed by atoms with van der Waals surface area (Å²) >= 11 is 3.71. The van der Waals surface area contributed by atoms with E-state index in [0.717, 1.165) is 2.88 Å². The number of thiophene rings is 1. The number of hydrogen-bond donors (Lipinski definition) is 1. The number of benzene rings is 1. The molecular weight excluding hydrogens is 377 g/mol. The first-order valence-electron chi connectivity index (χ1n) is 5.49. The molecule has 2 aromatic rings. The quantitative estimate of drug-likeness (QED) is 0.639. The van der Waals surface area contributed by atoms with Crippen LogP contribution in [0.25, 0.3) is 0 Å². The molecule has 4 nitrogen and oxygen atoms in total. The number of rotatable bonds is 2. The number of amides is 1. The highest BCUT2D eigenvalue weighted by Gasteiger charge is 2.18. The molecule has 1 amide bonds. The monoisotopic (exact) mass is 385 g/mol. The molecule has 0 fully saturated rings. The highest BCUT2D eigenvalue weighted by atomic mass is 127. The molecule has 0 saturated carbocycles. The van der Waals surface area contributed by atoms with Crippen molar-refractivity contribution in [3.63, 3.8) is 0 Å². The van der Waals surface area contributed by atoms with E-state index < -0.39 is 0 Å². The zero-order valence-electron chi connectivity index (χ0n) is 9.60. The van der Waals surface area contributed by atoms with Crippen molar-refractivity contribution in [1.82, 2.24) is 0 Å². The Bertz CT molecular complexity index is 680. The van der Waals surface area contributed by atoms with Gasteiger partial charge in [0.2, 0.25) is 0 Å². The predicted octanol–water partition coefficient (Wildman–Crippen LogP) is 2.91. The summed E-state index contributed by atoms with van der Waals surface area (Å²) < 4.78 is 6.32. The fourth-order valence-electron chi connectivity index (χ4n) is 1.82. The van der Waals surface area contributed by atoms with Gasteiger partial charge in [-0.1, -0.05) is 0 Å². The van der Waals surface area contributed by atoms with Crippen LogP contribution in [0.5, 0.6) is 5.75 Å². The van der Waals surface area contributed by atoms with Gasteiger partial charge in [-0.2, -0.15) is 0 Å². The lowest BCUT2D eigenvalue weighted by Crippen LogP contribution is -2.25. The van der Waals surface area contributed by atoms with Crippen LogP contribution in [0, 0.1) is 2.88 Å². The number of hydrogen-bond acceptors (Lipinski definition) is 4. The lowest BCUT2D eigenvalue weighted by molar-refractivity contribution is -0.118. The molecule has 0 atom stereocenters. The lowest BCUT2D eigenvalue weighted by Gasteiger charge is -2.18. The molecule has 0 aliphatic carbocycles. The Morgan fingerprint density at radius 3 is 2.89 bits per heavy atom. The van der Waals surface area contributed by atoms with Crippen LogP contribution in [-0.4, -0.2) is 18.3 Å². The van der Waals surface area contributed by atoms with Crippen molar-refractivity contribution in [2.24, 2.45) is 0 Å². The van der Waals surface area contributed by atoms with Gasteiger partial charge in [0.15, 0.2) is 12.4 Å². The van der Waals surface area contributed by atoms with Crippen LogP contribution in [-0.2, 0) is 4.79 Å². The molecule has 6 heteroatoms. The number of halogens is 1. The van der Waals surface area contributed by atoms with Gasteiger partial charge in [0.1, 0.15) is 5.75 Å². The van der Waals surface area contributed by atoms with Crippen LogP contribution in [0.1, 0.15) is 15.9 Å². The van der Waals surface area contributed by atoms with Gasteiger partial charge in [0.25, 0.3) is 5.91 Å². The van der Waals surface area contributed by atoms with Crippen molar-refractivity contribution in [2.45, 2.75) is 0 Å². The third-order valence-corrected chi connectivity index (χ3v) is 4.49.